The first kappa shape index (κ1) is 11.2. The van der Waals surface area contributed by atoms with E-state index in [4.69, 9.17) is 4.74 Å². The molecule has 78 valence electrons. The summed E-state index contributed by atoms with van der Waals surface area (Å²) in [6.45, 7) is 5.41. The molecule has 0 aromatic heterocycles. The first-order valence-corrected chi connectivity index (χ1v) is 4.73. The highest BCUT2D eigenvalue weighted by Gasteiger charge is 1.93. The number of rotatable bonds is 4. The summed E-state index contributed by atoms with van der Waals surface area (Å²) in [4.78, 5) is 10.5. The molecular weight excluding hydrogens is 188 g/mol. The van der Waals surface area contributed by atoms with Crippen LogP contribution < -0.4 is 0 Å². The van der Waals surface area contributed by atoms with E-state index in [1.165, 1.54) is 6.92 Å². The van der Waals surface area contributed by atoms with E-state index in [0.29, 0.717) is 0 Å². The number of ether oxygens (including phenoxy) is 1. The van der Waals surface area contributed by atoms with Gasteiger partial charge >= 0.3 is 5.97 Å². The second kappa shape index (κ2) is 5.81. The molecule has 0 heterocycles. The number of hydrogen-bond acceptors (Lipinski definition) is 2. The van der Waals surface area contributed by atoms with E-state index < -0.39 is 0 Å². The van der Waals surface area contributed by atoms with Gasteiger partial charge in [0, 0.05) is 6.92 Å². The second-order valence-electron chi connectivity index (χ2n) is 3.18. The topological polar surface area (TPSA) is 26.3 Å². The predicted molar refractivity (Wildman–Crippen MR) is 61.2 cm³/mol. The van der Waals surface area contributed by atoms with Gasteiger partial charge in [0.05, 0.1) is 0 Å². The van der Waals surface area contributed by atoms with Gasteiger partial charge in [-0.2, -0.15) is 0 Å². The zero-order chi connectivity index (χ0) is 11.1. The van der Waals surface area contributed by atoms with Gasteiger partial charge in [-0.3, -0.25) is 4.79 Å². The van der Waals surface area contributed by atoms with Crippen molar-refractivity contribution in [2.75, 3.05) is 6.61 Å². The highest BCUT2D eigenvalue weighted by Crippen LogP contribution is 2.04. The molecule has 0 radical (unpaired) electrons. The molecule has 0 saturated heterocycles. The Bertz CT molecular complexity index is 363. The maximum absolute atomic E-state index is 10.5. The summed E-state index contributed by atoms with van der Waals surface area (Å²) in [5, 5.41) is 0. The SMILES string of the molecule is C=C(/C=C/c1ccccc1)COC(C)=O. The summed E-state index contributed by atoms with van der Waals surface area (Å²) < 4.78 is 4.80. The van der Waals surface area contributed by atoms with Gasteiger partial charge in [0.2, 0.25) is 0 Å². The largest absolute Gasteiger partial charge is 0.461 e. The van der Waals surface area contributed by atoms with Gasteiger partial charge in [-0.15, -0.1) is 0 Å². The zero-order valence-electron chi connectivity index (χ0n) is 8.77. The van der Waals surface area contributed by atoms with Crippen LogP contribution in [0.4, 0.5) is 0 Å². The van der Waals surface area contributed by atoms with E-state index in [1.54, 1.807) is 0 Å². The van der Waals surface area contributed by atoms with Crippen LogP contribution in [0.5, 0.6) is 0 Å². The summed E-state index contributed by atoms with van der Waals surface area (Å²) in [6.07, 6.45) is 3.78. The third-order valence-electron chi connectivity index (χ3n) is 1.77. The van der Waals surface area contributed by atoms with Crippen molar-refractivity contribution in [1.82, 2.24) is 0 Å². The first-order valence-electron chi connectivity index (χ1n) is 4.73. The maximum Gasteiger partial charge on any atom is 0.302 e. The van der Waals surface area contributed by atoms with E-state index in [2.05, 4.69) is 6.58 Å². The lowest BCUT2D eigenvalue weighted by molar-refractivity contribution is -0.139. The summed E-state index contributed by atoms with van der Waals surface area (Å²) in [7, 11) is 0. The number of esters is 1. The Kier molecular flexibility index (Phi) is 4.35. The van der Waals surface area contributed by atoms with Crippen molar-refractivity contribution >= 4 is 12.0 Å². The Labute approximate surface area is 89.9 Å². The van der Waals surface area contributed by atoms with Crippen molar-refractivity contribution in [2.24, 2.45) is 0 Å². The molecular formula is C13H14O2. The minimum absolute atomic E-state index is 0.249. The molecule has 0 spiro atoms. The fraction of sp³-hybridized carbons (Fsp3) is 0.154. The van der Waals surface area contributed by atoms with Gasteiger partial charge in [-0.05, 0) is 11.1 Å². The van der Waals surface area contributed by atoms with Gasteiger partial charge in [0.25, 0.3) is 0 Å². The molecule has 0 aliphatic carbocycles. The van der Waals surface area contributed by atoms with Crippen LogP contribution in [0, 0.1) is 0 Å². The van der Waals surface area contributed by atoms with Crippen molar-refractivity contribution in [2.45, 2.75) is 6.92 Å². The van der Waals surface area contributed by atoms with Crippen LogP contribution in [0.3, 0.4) is 0 Å². The van der Waals surface area contributed by atoms with Crippen molar-refractivity contribution in [1.29, 1.82) is 0 Å². The average molecular weight is 202 g/mol. The molecule has 2 nitrogen and oxygen atoms in total. The van der Waals surface area contributed by atoms with Crippen molar-refractivity contribution < 1.29 is 9.53 Å². The molecule has 1 rings (SSSR count). The molecule has 2 heteroatoms. The Morgan fingerprint density at radius 3 is 2.67 bits per heavy atom. The zero-order valence-corrected chi connectivity index (χ0v) is 8.77. The Morgan fingerprint density at radius 1 is 1.40 bits per heavy atom. The number of hydrogen-bond donors (Lipinski definition) is 0. The van der Waals surface area contributed by atoms with Crippen LogP contribution in [-0.2, 0) is 9.53 Å². The van der Waals surface area contributed by atoms with Gasteiger partial charge in [-0.1, -0.05) is 49.1 Å². The molecule has 0 atom stereocenters. The lowest BCUT2D eigenvalue weighted by atomic mass is 10.2. The van der Waals surface area contributed by atoms with E-state index in [-0.39, 0.29) is 12.6 Å². The molecule has 0 saturated carbocycles. The first-order chi connectivity index (χ1) is 7.18. The standard InChI is InChI=1S/C13H14O2/c1-11(10-15-12(2)14)8-9-13-6-4-3-5-7-13/h3-9H,1,10H2,2H3/b9-8+. The number of benzene rings is 1. The van der Waals surface area contributed by atoms with Crippen LogP contribution in [0.15, 0.2) is 48.6 Å². The molecule has 1 aromatic carbocycles. The fourth-order valence-electron chi connectivity index (χ4n) is 1.02. The summed E-state index contributed by atoms with van der Waals surface area (Å²) >= 11 is 0. The molecule has 1 aromatic rings. The lowest BCUT2D eigenvalue weighted by Crippen LogP contribution is -2.00. The molecule has 0 fully saturated rings. The maximum atomic E-state index is 10.5. The average Bonchev–Trinajstić information content (AvgIpc) is 2.25. The second-order valence-corrected chi connectivity index (χ2v) is 3.18. The normalized spacial score (nSPS) is 10.2. The Morgan fingerprint density at radius 2 is 2.07 bits per heavy atom. The minimum Gasteiger partial charge on any atom is -0.461 e. The molecule has 0 amide bonds. The quantitative estimate of drug-likeness (QED) is 0.554. The molecule has 15 heavy (non-hydrogen) atoms. The van der Waals surface area contributed by atoms with Crippen molar-refractivity contribution in [3.05, 3.63) is 54.1 Å². The van der Waals surface area contributed by atoms with E-state index in [0.717, 1.165) is 11.1 Å². The predicted octanol–water partition coefficient (Wildman–Crippen LogP) is 2.82. The molecule has 0 aliphatic heterocycles. The summed E-state index contributed by atoms with van der Waals surface area (Å²) in [5.41, 5.74) is 1.87. The van der Waals surface area contributed by atoms with Gasteiger partial charge < -0.3 is 4.74 Å². The monoisotopic (exact) mass is 202 g/mol. The highest BCUT2D eigenvalue weighted by molar-refractivity contribution is 5.66. The number of carbonyl (C=O) groups excluding carboxylic acids is 1. The summed E-state index contributed by atoms with van der Waals surface area (Å²) in [5.74, 6) is -0.288. The van der Waals surface area contributed by atoms with E-state index in [1.807, 2.05) is 42.5 Å². The lowest BCUT2D eigenvalue weighted by Gasteiger charge is -2.00. The minimum atomic E-state index is -0.288. The molecule has 0 unspecified atom stereocenters. The fourth-order valence-corrected chi connectivity index (χ4v) is 1.02. The number of carbonyl (C=O) groups is 1. The van der Waals surface area contributed by atoms with E-state index >= 15 is 0 Å². The van der Waals surface area contributed by atoms with Crippen molar-refractivity contribution in [3.8, 4) is 0 Å². The van der Waals surface area contributed by atoms with Crippen LogP contribution in [-0.4, -0.2) is 12.6 Å². The third kappa shape index (κ3) is 4.81. The van der Waals surface area contributed by atoms with E-state index in [9.17, 15) is 4.79 Å². The highest BCUT2D eigenvalue weighted by atomic mass is 16.5. The third-order valence-corrected chi connectivity index (χ3v) is 1.77. The Hall–Kier alpha value is -1.83. The van der Waals surface area contributed by atoms with Gasteiger partial charge in [0.1, 0.15) is 6.61 Å². The van der Waals surface area contributed by atoms with Gasteiger partial charge in [-0.25, -0.2) is 0 Å². The van der Waals surface area contributed by atoms with Crippen molar-refractivity contribution in [3.63, 3.8) is 0 Å². The summed E-state index contributed by atoms with van der Waals surface area (Å²) in [6, 6.07) is 9.89. The molecule has 0 bridgehead atoms. The smallest absolute Gasteiger partial charge is 0.302 e. The van der Waals surface area contributed by atoms with Crippen LogP contribution in [0.1, 0.15) is 12.5 Å². The Balaban J connectivity index is 2.44. The molecule has 0 aliphatic rings. The van der Waals surface area contributed by atoms with Gasteiger partial charge in [0.15, 0.2) is 0 Å². The van der Waals surface area contributed by atoms with Crippen LogP contribution in [0.2, 0.25) is 0 Å². The van der Waals surface area contributed by atoms with Crippen LogP contribution in [0.25, 0.3) is 6.08 Å². The molecule has 0 N–H and O–H groups in total. The van der Waals surface area contributed by atoms with Crippen LogP contribution >= 0.6 is 0 Å².